The van der Waals surface area contributed by atoms with Crippen LogP contribution in [0.5, 0.6) is 0 Å². The first-order valence-corrected chi connectivity index (χ1v) is 6.40. The van der Waals surface area contributed by atoms with Gasteiger partial charge >= 0.3 is 0 Å². The number of rotatable bonds is 4. The standard InChI is InChI=1S/C13H19ClN2.2ClH/c14-13-5-1-3-12(11-13)4-2-8-16-9-6-15-7-10-16;;/h1,3,5,11,15H,2,4,6-10H2;2*1H. The smallest absolute Gasteiger partial charge is 0.0408 e. The average Bonchev–Trinajstić information content (AvgIpc) is 2.30. The van der Waals surface area contributed by atoms with Crippen molar-refractivity contribution >= 4 is 36.4 Å². The number of hydrogen-bond donors (Lipinski definition) is 1. The number of piperazine rings is 1. The maximum atomic E-state index is 5.95. The van der Waals surface area contributed by atoms with E-state index < -0.39 is 0 Å². The van der Waals surface area contributed by atoms with Crippen LogP contribution in [0.4, 0.5) is 0 Å². The van der Waals surface area contributed by atoms with Crippen LogP contribution in [0.15, 0.2) is 24.3 Å². The van der Waals surface area contributed by atoms with Gasteiger partial charge in [-0.2, -0.15) is 0 Å². The molecule has 1 saturated heterocycles. The lowest BCUT2D eigenvalue weighted by molar-refractivity contribution is 0.238. The Bertz CT molecular complexity index is 328. The summed E-state index contributed by atoms with van der Waals surface area (Å²) in [5.41, 5.74) is 1.35. The van der Waals surface area contributed by atoms with Gasteiger partial charge in [-0.3, -0.25) is 0 Å². The summed E-state index contributed by atoms with van der Waals surface area (Å²) >= 11 is 5.95. The number of benzene rings is 1. The van der Waals surface area contributed by atoms with Gasteiger partial charge in [-0.05, 0) is 37.1 Å². The first-order valence-electron chi connectivity index (χ1n) is 6.02. The molecule has 0 bridgehead atoms. The van der Waals surface area contributed by atoms with Crippen molar-refractivity contribution in [1.29, 1.82) is 0 Å². The van der Waals surface area contributed by atoms with Crippen LogP contribution in [0.25, 0.3) is 0 Å². The monoisotopic (exact) mass is 310 g/mol. The minimum Gasteiger partial charge on any atom is -0.314 e. The molecule has 2 rings (SSSR count). The first kappa shape index (κ1) is 18.0. The third-order valence-corrected chi connectivity index (χ3v) is 3.27. The summed E-state index contributed by atoms with van der Waals surface area (Å²) in [4.78, 5) is 2.53. The lowest BCUT2D eigenvalue weighted by atomic mass is 10.1. The van der Waals surface area contributed by atoms with Crippen LogP contribution in [0.1, 0.15) is 12.0 Å². The van der Waals surface area contributed by atoms with E-state index in [4.69, 9.17) is 11.6 Å². The largest absolute Gasteiger partial charge is 0.314 e. The van der Waals surface area contributed by atoms with Crippen molar-refractivity contribution in [3.8, 4) is 0 Å². The van der Waals surface area contributed by atoms with Crippen molar-refractivity contribution in [2.24, 2.45) is 0 Å². The maximum absolute atomic E-state index is 5.95. The fraction of sp³-hybridized carbons (Fsp3) is 0.538. The number of nitrogens with zero attached hydrogens (tertiary/aromatic N) is 1. The van der Waals surface area contributed by atoms with Gasteiger partial charge < -0.3 is 10.2 Å². The van der Waals surface area contributed by atoms with Crippen LogP contribution in [-0.4, -0.2) is 37.6 Å². The van der Waals surface area contributed by atoms with Crippen LogP contribution < -0.4 is 5.32 Å². The Hall–Kier alpha value is 0.01000. The van der Waals surface area contributed by atoms with Gasteiger partial charge in [0, 0.05) is 31.2 Å². The number of hydrogen-bond acceptors (Lipinski definition) is 2. The molecule has 18 heavy (non-hydrogen) atoms. The molecule has 1 fully saturated rings. The van der Waals surface area contributed by atoms with E-state index in [0.29, 0.717) is 0 Å². The molecule has 2 nitrogen and oxygen atoms in total. The second kappa shape index (κ2) is 9.88. The van der Waals surface area contributed by atoms with Crippen LogP contribution in [-0.2, 0) is 6.42 Å². The molecule has 0 radical (unpaired) electrons. The molecule has 1 aromatic carbocycles. The van der Waals surface area contributed by atoms with Crippen LogP contribution >= 0.6 is 36.4 Å². The number of halogens is 3. The van der Waals surface area contributed by atoms with Gasteiger partial charge in [0.25, 0.3) is 0 Å². The molecule has 0 unspecified atom stereocenters. The Morgan fingerprint density at radius 2 is 1.89 bits per heavy atom. The second-order valence-corrected chi connectivity index (χ2v) is 4.76. The number of aryl methyl sites for hydroxylation is 1. The minimum absolute atomic E-state index is 0. The molecule has 0 aromatic heterocycles. The molecular formula is C13H21Cl3N2. The summed E-state index contributed by atoms with van der Waals surface area (Å²) in [6.45, 7) is 5.85. The molecular weight excluding hydrogens is 291 g/mol. The number of nitrogens with one attached hydrogen (secondary N) is 1. The quantitative estimate of drug-likeness (QED) is 0.919. The SMILES string of the molecule is Cl.Cl.Clc1cccc(CCCN2CCNCC2)c1. The predicted molar refractivity (Wildman–Crippen MR) is 83.6 cm³/mol. The van der Waals surface area contributed by atoms with E-state index in [1.165, 1.54) is 31.6 Å². The predicted octanol–water partition coefficient (Wildman–Crippen LogP) is 3.02. The normalized spacial score (nSPS) is 15.6. The van der Waals surface area contributed by atoms with Gasteiger partial charge in [-0.1, -0.05) is 23.7 Å². The lowest BCUT2D eigenvalue weighted by Crippen LogP contribution is -2.43. The van der Waals surface area contributed by atoms with Crippen molar-refractivity contribution in [3.63, 3.8) is 0 Å². The van der Waals surface area contributed by atoms with Gasteiger partial charge in [0.05, 0.1) is 0 Å². The van der Waals surface area contributed by atoms with E-state index in [1.807, 2.05) is 12.1 Å². The molecule has 0 spiro atoms. The van der Waals surface area contributed by atoms with Crippen LogP contribution in [0, 0.1) is 0 Å². The topological polar surface area (TPSA) is 15.3 Å². The second-order valence-electron chi connectivity index (χ2n) is 4.33. The summed E-state index contributed by atoms with van der Waals surface area (Å²) in [5, 5.41) is 4.22. The molecule has 0 saturated carbocycles. The fourth-order valence-corrected chi connectivity index (χ4v) is 2.35. The van der Waals surface area contributed by atoms with Crippen LogP contribution in [0.2, 0.25) is 5.02 Å². The minimum atomic E-state index is 0. The molecule has 5 heteroatoms. The molecule has 1 N–H and O–H groups in total. The zero-order valence-corrected chi connectivity index (χ0v) is 12.8. The van der Waals surface area contributed by atoms with Gasteiger partial charge in [-0.25, -0.2) is 0 Å². The lowest BCUT2D eigenvalue weighted by Gasteiger charge is -2.27. The Kier molecular flexibility index (Phi) is 9.88. The Morgan fingerprint density at radius 3 is 2.56 bits per heavy atom. The average molecular weight is 312 g/mol. The maximum Gasteiger partial charge on any atom is 0.0408 e. The fourth-order valence-electron chi connectivity index (χ4n) is 2.13. The summed E-state index contributed by atoms with van der Waals surface area (Å²) in [7, 11) is 0. The summed E-state index contributed by atoms with van der Waals surface area (Å²) in [5.74, 6) is 0. The zero-order valence-electron chi connectivity index (χ0n) is 10.4. The highest BCUT2D eigenvalue weighted by atomic mass is 35.5. The van der Waals surface area contributed by atoms with E-state index in [1.54, 1.807) is 0 Å². The van der Waals surface area contributed by atoms with E-state index in [2.05, 4.69) is 22.3 Å². The highest BCUT2D eigenvalue weighted by Crippen LogP contribution is 2.12. The van der Waals surface area contributed by atoms with E-state index in [-0.39, 0.29) is 24.8 Å². The molecule has 1 heterocycles. The van der Waals surface area contributed by atoms with Gasteiger partial charge in [0.15, 0.2) is 0 Å². The van der Waals surface area contributed by atoms with Crippen molar-refractivity contribution in [3.05, 3.63) is 34.9 Å². The Morgan fingerprint density at radius 1 is 1.17 bits per heavy atom. The van der Waals surface area contributed by atoms with E-state index in [0.717, 1.165) is 24.5 Å². The highest BCUT2D eigenvalue weighted by Gasteiger charge is 2.08. The highest BCUT2D eigenvalue weighted by molar-refractivity contribution is 6.30. The zero-order chi connectivity index (χ0) is 11.2. The van der Waals surface area contributed by atoms with Crippen LogP contribution in [0.3, 0.4) is 0 Å². The van der Waals surface area contributed by atoms with E-state index in [9.17, 15) is 0 Å². The summed E-state index contributed by atoms with van der Waals surface area (Å²) in [6.07, 6.45) is 2.35. The van der Waals surface area contributed by atoms with Crippen molar-refractivity contribution < 1.29 is 0 Å². The molecule has 104 valence electrons. The first-order chi connectivity index (χ1) is 7.84. The molecule has 1 aliphatic rings. The molecule has 1 aliphatic heterocycles. The molecule has 1 aromatic rings. The van der Waals surface area contributed by atoms with E-state index >= 15 is 0 Å². The van der Waals surface area contributed by atoms with Gasteiger partial charge in [0.1, 0.15) is 0 Å². The van der Waals surface area contributed by atoms with Gasteiger partial charge in [-0.15, -0.1) is 24.8 Å². The Labute approximate surface area is 127 Å². The van der Waals surface area contributed by atoms with Crippen molar-refractivity contribution in [1.82, 2.24) is 10.2 Å². The van der Waals surface area contributed by atoms with Crippen molar-refractivity contribution in [2.45, 2.75) is 12.8 Å². The molecule has 0 amide bonds. The summed E-state index contributed by atoms with van der Waals surface area (Å²) < 4.78 is 0. The summed E-state index contributed by atoms with van der Waals surface area (Å²) in [6, 6.07) is 8.19. The van der Waals surface area contributed by atoms with Crippen molar-refractivity contribution in [2.75, 3.05) is 32.7 Å². The molecule has 0 aliphatic carbocycles. The van der Waals surface area contributed by atoms with Gasteiger partial charge in [0.2, 0.25) is 0 Å². The Balaban J connectivity index is 0.00000144. The third-order valence-electron chi connectivity index (χ3n) is 3.04. The third kappa shape index (κ3) is 6.26. The molecule has 0 atom stereocenters.